The van der Waals surface area contributed by atoms with Gasteiger partial charge in [0.05, 0.1) is 10.2 Å². The average Bonchev–Trinajstić information content (AvgIpc) is 2.91. The molecule has 5 heteroatoms. The summed E-state index contributed by atoms with van der Waals surface area (Å²) in [4.78, 5) is 2.08. The fourth-order valence-electron chi connectivity index (χ4n) is 3.72. The van der Waals surface area contributed by atoms with E-state index in [2.05, 4.69) is 33.1 Å². The molecule has 0 aromatic heterocycles. The highest BCUT2D eigenvalue weighted by atomic mass is 79.9. The molecule has 2 nitrogen and oxygen atoms in total. The van der Waals surface area contributed by atoms with E-state index in [0.29, 0.717) is 5.69 Å². The summed E-state index contributed by atoms with van der Waals surface area (Å²) in [5.41, 5.74) is 0.483. The second-order valence-corrected chi connectivity index (χ2v) is 7.13. The van der Waals surface area contributed by atoms with Gasteiger partial charge in [0.1, 0.15) is 11.6 Å². The number of benzene rings is 1. The highest BCUT2D eigenvalue weighted by molar-refractivity contribution is 9.10. The lowest BCUT2D eigenvalue weighted by Crippen LogP contribution is -2.63. The molecule has 1 saturated heterocycles. The van der Waals surface area contributed by atoms with E-state index < -0.39 is 5.82 Å². The monoisotopic (exact) mass is 358 g/mol. The molecular formula is C16H21BrF2N2. The van der Waals surface area contributed by atoms with Crippen LogP contribution in [0.2, 0.25) is 0 Å². The molecule has 1 heterocycles. The highest BCUT2D eigenvalue weighted by Crippen LogP contribution is 2.37. The molecule has 1 aliphatic heterocycles. The van der Waals surface area contributed by atoms with Crippen LogP contribution in [0, 0.1) is 11.6 Å². The summed E-state index contributed by atoms with van der Waals surface area (Å²) >= 11 is 3.05. The van der Waals surface area contributed by atoms with Crippen molar-refractivity contribution in [3.05, 3.63) is 28.2 Å². The lowest BCUT2D eigenvalue weighted by molar-refractivity contribution is 0.266. The number of anilines is 1. The Hall–Kier alpha value is -0.680. The molecule has 1 atom stereocenters. The van der Waals surface area contributed by atoms with E-state index >= 15 is 0 Å². The lowest BCUT2D eigenvalue weighted by atomic mass is 9.91. The van der Waals surface area contributed by atoms with Gasteiger partial charge in [-0.1, -0.05) is 19.8 Å². The fourth-order valence-corrected chi connectivity index (χ4v) is 4.04. The van der Waals surface area contributed by atoms with E-state index in [1.807, 2.05) is 0 Å². The number of rotatable bonds is 2. The van der Waals surface area contributed by atoms with Crippen LogP contribution in [0.15, 0.2) is 16.6 Å². The van der Waals surface area contributed by atoms with E-state index in [9.17, 15) is 8.78 Å². The van der Waals surface area contributed by atoms with Gasteiger partial charge in [0, 0.05) is 30.7 Å². The molecule has 1 unspecified atom stereocenters. The maximum atomic E-state index is 14.3. The third kappa shape index (κ3) is 2.82. The average molecular weight is 359 g/mol. The third-order valence-electron chi connectivity index (χ3n) is 4.96. The molecule has 2 fully saturated rings. The normalized spacial score (nSPS) is 24.8. The summed E-state index contributed by atoms with van der Waals surface area (Å²) < 4.78 is 28.4. The molecule has 1 aromatic rings. The molecule has 1 spiro atoms. The van der Waals surface area contributed by atoms with Gasteiger partial charge in [-0.05, 0) is 41.3 Å². The molecule has 116 valence electrons. The third-order valence-corrected chi connectivity index (χ3v) is 5.57. The van der Waals surface area contributed by atoms with E-state index in [1.54, 1.807) is 0 Å². The van der Waals surface area contributed by atoms with Gasteiger partial charge in [-0.2, -0.15) is 0 Å². The van der Waals surface area contributed by atoms with Crippen molar-refractivity contribution < 1.29 is 8.78 Å². The van der Waals surface area contributed by atoms with Crippen molar-refractivity contribution in [3.8, 4) is 0 Å². The predicted molar refractivity (Wildman–Crippen MR) is 84.7 cm³/mol. The summed E-state index contributed by atoms with van der Waals surface area (Å²) in [5, 5.41) is 3.67. The summed E-state index contributed by atoms with van der Waals surface area (Å²) in [6.07, 6.45) is 5.60. The Kier molecular flexibility index (Phi) is 4.23. The van der Waals surface area contributed by atoms with Crippen molar-refractivity contribution >= 4 is 21.6 Å². The van der Waals surface area contributed by atoms with Gasteiger partial charge < -0.3 is 10.2 Å². The first-order chi connectivity index (χ1) is 10.0. The van der Waals surface area contributed by atoms with E-state index in [0.717, 1.165) is 32.4 Å². The van der Waals surface area contributed by atoms with Crippen molar-refractivity contribution in [2.24, 2.45) is 0 Å². The Morgan fingerprint density at radius 1 is 1.29 bits per heavy atom. The number of halogens is 3. The minimum Gasteiger partial charge on any atom is -0.363 e. The molecule has 21 heavy (non-hydrogen) atoms. The van der Waals surface area contributed by atoms with Crippen LogP contribution in [0.4, 0.5) is 14.5 Å². The quantitative estimate of drug-likeness (QED) is 0.795. The Labute approximate surface area is 133 Å². The topological polar surface area (TPSA) is 15.3 Å². The van der Waals surface area contributed by atoms with Gasteiger partial charge in [-0.3, -0.25) is 0 Å². The predicted octanol–water partition coefficient (Wildman–Crippen LogP) is 4.23. The Morgan fingerprint density at radius 3 is 2.67 bits per heavy atom. The first-order valence-electron chi connectivity index (χ1n) is 7.71. The number of hydrogen-bond donors (Lipinski definition) is 1. The van der Waals surface area contributed by atoms with Crippen LogP contribution in [-0.2, 0) is 0 Å². The molecule has 2 aliphatic rings. The summed E-state index contributed by atoms with van der Waals surface area (Å²) in [6.45, 7) is 3.70. The Morgan fingerprint density at radius 2 is 2.00 bits per heavy atom. The molecule has 3 rings (SSSR count). The van der Waals surface area contributed by atoms with Crippen LogP contribution in [-0.4, -0.2) is 24.7 Å². The lowest BCUT2D eigenvalue weighted by Gasteiger charge is -2.47. The SMILES string of the molecule is CCC1CNC2(CCCC2)CN1c1cc(F)c(Br)cc1F. The fraction of sp³-hybridized carbons (Fsp3) is 0.625. The molecule has 1 saturated carbocycles. The van der Waals surface area contributed by atoms with Crippen LogP contribution < -0.4 is 10.2 Å². The molecule has 1 aliphatic carbocycles. The zero-order valence-electron chi connectivity index (χ0n) is 12.3. The van der Waals surface area contributed by atoms with Gasteiger partial charge in [0.2, 0.25) is 0 Å². The van der Waals surface area contributed by atoms with Gasteiger partial charge in [0.15, 0.2) is 0 Å². The second kappa shape index (κ2) is 5.84. The van der Waals surface area contributed by atoms with E-state index in [4.69, 9.17) is 0 Å². The maximum Gasteiger partial charge on any atom is 0.147 e. The van der Waals surface area contributed by atoms with Crippen LogP contribution in [0.5, 0.6) is 0 Å². The van der Waals surface area contributed by atoms with Crippen molar-refractivity contribution in [2.75, 3.05) is 18.0 Å². The molecule has 1 N–H and O–H groups in total. The number of hydrogen-bond acceptors (Lipinski definition) is 2. The largest absolute Gasteiger partial charge is 0.363 e. The Balaban J connectivity index is 1.94. The van der Waals surface area contributed by atoms with Crippen molar-refractivity contribution in [1.29, 1.82) is 0 Å². The van der Waals surface area contributed by atoms with Crippen LogP contribution in [0.25, 0.3) is 0 Å². The van der Waals surface area contributed by atoms with Crippen molar-refractivity contribution in [2.45, 2.75) is 50.6 Å². The molecule has 1 aromatic carbocycles. The first kappa shape index (κ1) is 15.2. The molecule has 0 radical (unpaired) electrons. The summed E-state index contributed by atoms with van der Waals surface area (Å²) in [6, 6.07) is 2.78. The number of nitrogens with zero attached hydrogens (tertiary/aromatic N) is 1. The zero-order valence-corrected chi connectivity index (χ0v) is 13.8. The van der Waals surface area contributed by atoms with Gasteiger partial charge in [-0.25, -0.2) is 8.78 Å². The minimum atomic E-state index is -0.403. The Bertz CT molecular complexity index is 529. The summed E-state index contributed by atoms with van der Waals surface area (Å²) in [7, 11) is 0. The van der Waals surface area contributed by atoms with Crippen molar-refractivity contribution in [3.63, 3.8) is 0 Å². The van der Waals surface area contributed by atoms with Crippen molar-refractivity contribution in [1.82, 2.24) is 5.32 Å². The number of nitrogens with one attached hydrogen (secondary N) is 1. The molecular weight excluding hydrogens is 338 g/mol. The van der Waals surface area contributed by atoms with E-state index in [1.165, 1.54) is 25.0 Å². The molecule has 0 amide bonds. The van der Waals surface area contributed by atoms with Gasteiger partial charge >= 0.3 is 0 Å². The number of piperazine rings is 1. The van der Waals surface area contributed by atoms with Crippen LogP contribution >= 0.6 is 15.9 Å². The molecule has 0 bridgehead atoms. The van der Waals surface area contributed by atoms with Crippen LogP contribution in [0.3, 0.4) is 0 Å². The summed E-state index contributed by atoms with van der Waals surface area (Å²) in [5.74, 6) is -0.753. The highest BCUT2D eigenvalue weighted by Gasteiger charge is 2.41. The second-order valence-electron chi connectivity index (χ2n) is 6.28. The van der Waals surface area contributed by atoms with Gasteiger partial charge in [0.25, 0.3) is 0 Å². The van der Waals surface area contributed by atoms with Crippen LogP contribution in [0.1, 0.15) is 39.0 Å². The first-order valence-corrected chi connectivity index (χ1v) is 8.50. The smallest absolute Gasteiger partial charge is 0.147 e. The van der Waals surface area contributed by atoms with E-state index in [-0.39, 0.29) is 21.9 Å². The van der Waals surface area contributed by atoms with Gasteiger partial charge in [-0.15, -0.1) is 0 Å². The standard InChI is InChI=1S/C16H21BrF2N2/c1-2-11-9-20-16(5-3-4-6-16)10-21(11)15-8-13(18)12(17)7-14(15)19/h7-8,11,20H,2-6,9-10H2,1H3. The maximum absolute atomic E-state index is 14.3. The minimum absolute atomic E-state index is 0.0850. The zero-order chi connectivity index (χ0) is 15.0.